The standard InChI is InChI=1S/C16H15BrFNO2/c17-13-3-1-2-12(10-13)16(21)19-9-8-15(20)11-4-6-14(18)7-5-11/h1-7,10,15,20H,8-9H2,(H,19,21). The molecule has 1 atom stereocenters. The maximum atomic E-state index is 12.8. The van der Waals surface area contributed by atoms with E-state index in [-0.39, 0.29) is 11.7 Å². The summed E-state index contributed by atoms with van der Waals surface area (Å²) in [6, 6.07) is 12.8. The van der Waals surface area contributed by atoms with Crippen molar-refractivity contribution in [3.63, 3.8) is 0 Å². The molecule has 0 heterocycles. The molecule has 1 unspecified atom stereocenters. The molecule has 2 aromatic rings. The molecule has 0 aliphatic carbocycles. The maximum Gasteiger partial charge on any atom is 0.251 e. The van der Waals surface area contributed by atoms with Gasteiger partial charge in [0, 0.05) is 16.6 Å². The molecule has 2 rings (SSSR count). The Hall–Kier alpha value is -1.72. The van der Waals surface area contributed by atoms with Crippen molar-refractivity contribution in [2.24, 2.45) is 0 Å². The fraction of sp³-hybridized carbons (Fsp3) is 0.188. The Labute approximate surface area is 130 Å². The van der Waals surface area contributed by atoms with E-state index in [0.717, 1.165) is 4.47 Å². The first kappa shape index (κ1) is 15.7. The fourth-order valence-corrected chi connectivity index (χ4v) is 2.31. The minimum atomic E-state index is -0.728. The molecule has 3 nitrogen and oxygen atoms in total. The lowest BCUT2D eigenvalue weighted by Crippen LogP contribution is -2.25. The highest BCUT2D eigenvalue weighted by atomic mass is 79.9. The van der Waals surface area contributed by atoms with E-state index in [0.29, 0.717) is 24.1 Å². The average Bonchev–Trinajstić information content (AvgIpc) is 2.47. The highest BCUT2D eigenvalue weighted by molar-refractivity contribution is 9.10. The Morgan fingerprint density at radius 1 is 1.24 bits per heavy atom. The molecular formula is C16H15BrFNO2. The van der Waals surface area contributed by atoms with Gasteiger partial charge in [0.2, 0.25) is 0 Å². The van der Waals surface area contributed by atoms with Crippen LogP contribution in [0, 0.1) is 5.82 Å². The molecule has 0 saturated carbocycles. The molecule has 0 aliphatic rings. The summed E-state index contributed by atoms with van der Waals surface area (Å²) in [5, 5.41) is 12.7. The SMILES string of the molecule is O=C(NCCC(O)c1ccc(F)cc1)c1cccc(Br)c1. The predicted octanol–water partition coefficient (Wildman–Crippen LogP) is 3.44. The van der Waals surface area contributed by atoms with Crippen LogP contribution in [0.3, 0.4) is 0 Å². The van der Waals surface area contributed by atoms with Crippen LogP contribution in [0.5, 0.6) is 0 Å². The highest BCUT2D eigenvalue weighted by Gasteiger charge is 2.09. The number of nitrogens with one attached hydrogen (secondary N) is 1. The second kappa shape index (κ2) is 7.33. The first-order valence-corrected chi connectivity index (χ1v) is 7.33. The van der Waals surface area contributed by atoms with Gasteiger partial charge >= 0.3 is 0 Å². The molecule has 110 valence electrons. The van der Waals surface area contributed by atoms with Crippen molar-refractivity contribution in [1.29, 1.82) is 0 Å². The number of carbonyl (C=O) groups excluding carboxylic acids is 1. The minimum absolute atomic E-state index is 0.192. The van der Waals surface area contributed by atoms with Crippen LogP contribution in [0.4, 0.5) is 4.39 Å². The van der Waals surface area contributed by atoms with E-state index < -0.39 is 6.10 Å². The molecule has 0 bridgehead atoms. The van der Waals surface area contributed by atoms with Crippen LogP contribution in [0.2, 0.25) is 0 Å². The zero-order chi connectivity index (χ0) is 15.2. The number of rotatable bonds is 5. The van der Waals surface area contributed by atoms with Crippen molar-refractivity contribution < 1.29 is 14.3 Å². The van der Waals surface area contributed by atoms with Crippen molar-refractivity contribution in [1.82, 2.24) is 5.32 Å². The summed E-state index contributed by atoms with van der Waals surface area (Å²) in [5.41, 5.74) is 1.19. The van der Waals surface area contributed by atoms with E-state index in [1.54, 1.807) is 18.2 Å². The van der Waals surface area contributed by atoms with Crippen molar-refractivity contribution in [3.8, 4) is 0 Å². The summed E-state index contributed by atoms with van der Waals surface area (Å²) in [7, 11) is 0. The van der Waals surface area contributed by atoms with Crippen LogP contribution in [0.15, 0.2) is 53.0 Å². The normalized spacial score (nSPS) is 12.0. The van der Waals surface area contributed by atoms with Crippen molar-refractivity contribution >= 4 is 21.8 Å². The minimum Gasteiger partial charge on any atom is -0.388 e. The topological polar surface area (TPSA) is 49.3 Å². The lowest BCUT2D eigenvalue weighted by atomic mass is 10.1. The van der Waals surface area contributed by atoms with Crippen molar-refractivity contribution in [2.75, 3.05) is 6.54 Å². The number of aliphatic hydroxyl groups is 1. The monoisotopic (exact) mass is 351 g/mol. The van der Waals surface area contributed by atoms with E-state index in [4.69, 9.17) is 0 Å². The molecule has 1 amide bonds. The van der Waals surface area contributed by atoms with Gasteiger partial charge in [-0.05, 0) is 42.3 Å². The molecule has 5 heteroatoms. The van der Waals surface area contributed by atoms with Crippen LogP contribution in [-0.2, 0) is 0 Å². The smallest absolute Gasteiger partial charge is 0.251 e. The number of halogens is 2. The molecule has 2 aromatic carbocycles. The molecular weight excluding hydrogens is 337 g/mol. The van der Waals surface area contributed by atoms with Gasteiger partial charge < -0.3 is 10.4 Å². The zero-order valence-corrected chi connectivity index (χ0v) is 12.8. The van der Waals surface area contributed by atoms with Crippen molar-refractivity contribution in [2.45, 2.75) is 12.5 Å². The molecule has 0 aromatic heterocycles. The van der Waals surface area contributed by atoms with Gasteiger partial charge in [0.25, 0.3) is 5.91 Å². The Kier molecular flexibility index (Phi) is 5.47. The van der Waals surface area contributed by atoms with E-state index in [1.807, 2.05) is 6.07 Å². The third kappa shape index (κ3) is 4.65. The maximum absolute atomic E-state index is 12.8. The van der Waals surface area contributed by atoms with E-state index in [2.05, 4.69) is 21.2 Å². The van der Waals surface area contributed by atoms with Crippen LogP contribution < -0.4 is 5.32 Å². The number of aliphatic hydroxyl groups excluding tert-OH is 1. The summed E-state index contributed by atoms with van der Waals surface area (Å²) < 4.78 is 13.6. The zero-order valence-electron chi connectivity index (χ0n) is 11.2. The van der Waals surface area contributed by atoms with Crippen LogP contribution >= 0.6 is 15.9 Å². The molecule has 0 radical (unpaired) electrons. The Morgan fingerprint density at radius 3 is 2.62 bits per heavy atom. The van der Waals surface area contributed by atoms with Gasteiger partial charge in [0.05, 0.1) is 6.10 Å². The molecule has 0 spiro atoms. The van der Waals surface area contributed by atoms with Gasteiger partial charge in [-0.3, -0.25) is 4.79 Å². The molecule has 2 N–H and O–H groups in total. The van der Waals surface area contributed by atoms with Crippen molar-refractivity contribution in [3.05, 3.63) is 69.9 Å². The van der Waals surface area contributed by atoms with Gasteiger partial charge in [0.1, 0.15) is 5.82 Å². The van der Waals surface area contributed by atoms with Gasteiger partial charge in [-0.15, -0.1) is 0 Å². The second-order valence-electron chi connectivity index (χ2n) is 4.62. The lowest BCUT2D eigenvalue weighted by Gasteiger charge is -2.11. The second-order valence-corrected chi connectivity index (χ2v) is 5.54. The lowest BCUT2D eigenvalue weighted by molar-refractivity contribution is 0.0942. The van der Waals surface area contributed by atoms with Gasteiger partial charge in [-0.2, -0.15) is 0 Å². The number of benzene rings is 2. The Bertz CT molecular complexity index is 616. The summed E-state index contributed by atoms with van der Waals surface area (Å²) in [4.78, 5) is 11.9. The first-order chi connectivity index (χ1) is 10.1. The quantitative estimate of drug-likeness (QED) is 0.866. The summed E-state index contributed by atoms with van der Waals surface area (Å²) >= 11 is 3.31. The van der Waals surface area contributed by atoms with E-state index in [9.17, 15) is 14.3 Å². The Morgan fingerprint density at radius 2 is 1.95 bits per heavy atom. The fourth-order valence-electron chi connectivity index (χ4n) is 1.91. The van der Waals surface area contributed by atoms with Gasteiger partial charge in [-0.1, -0.05) is 34.1 Å². The highest BCUT2D eigenvalue weighted by Crippen LogP contribution is 2.16. The van der Waals surface area contributed by atoms with Crippen LogP contribution in [0.25, 0.3) is 0 Å². The largest absolute Gasteiger partial charge is 0.388 e. The molecule has 0 fully saturated rings. The summed E-state index contributed by atoms with van der Waals surface area (Å²) in [5.74, 6) is -0.531. The Balaban J connectivity index is 1.83. The molecule has 0 saturated heterocycles. The number of amides is 1. The third-order valence-corrected chi connectivity index (χ3v) is 3.54. The number of hydrogen-bond donors (Lipinski definition) is 2. The van der Waals surface area contributed by atoms with Gasteiger partial charge in [0.15, 0.2) is 0 Å². The van der Waals surface area contributed by atoms with E-state index >= 15 is 0 Å². The molecule has 0 aliphatic heterocycles. The van der Waals surface area contributed by atoms with Crippen LogP contribution in [0.1, 0.15) is 28.4 Å². The summed E-state index contributed by atoms with van der Waals surface area (Å²) in [6.07, 6.45) is -0.362. The number of carbonyl (C=O) groups is 1. The van der Waals surface area contributed by atoms with Gasteiger partial charge in [-0.25, -0.2) is 4.39 Å². The predicted molar refractivity (Wildman–Crippen MR) is 82.5 cm³/mol. The molecule has 21 heavy (non-hydrogen) atoms. The van der Waals surface area contributed by atoms with E-state index in [1.165, 1.54) is 24.3 Å². The first-order valence-electron chi connectivity index (χ1n) is 6.53. The average molecular weight is 352 g/mol. The van der Waals surface area contributed by atoms with Crippen LogP contribution in [-0.4, -0.2) is 17.6 Å². The third-order valence-electron chi connectivity index (χ3n) is 3.04. The number of hydrogen-bond acceptors (Lipinski definition) is 2. The summed E-state index contributed by atoms with van der Waals surface area (Å²) in [6.45, 7) is 0.337.